The lowest BCUT2D eigenvalue weighted by atomic mass is 10.2. The molecule has 186 valence electrons. The van der Waals surface area contributed by atoms with E-state index in [1.807, 2.05) is 24.3 Å². The number of fused-ring (bicyclic) bond motifs is 1. The van der Waals surface area contributed by atoms with Crippen molar-refractivity contribution in [1.29, 1.82) is 0 Å². The lowest BCUT2D eigenvalue weighted by Gasteiger charge is -2.16. The molecule has 1 heterocycles. The third-order valence-electron chi connectivity index (χ3n) is 5.47. The van der Waals surface area contributed by atoms with E-state index in [2.05, 4.69) is 15.3 Å². The summed E-state index contributed by atoms with van der Waals surface area (Å²) in [5.41, 5.74) is 2.81. The summed E-state index contributed by atoms with van der Waals surface area (Å²) in [5, 5.41) is 2.95. The molecule has 1 amide bonds. The van der Waals surface area contributed by atoms with Crippen LogP contribution in [0, 0.1) is 0 Å². The number of hydrogen-bond acceptors (Lipinski definition) is 7. The number of anilines is 1. The zero-order chi connectivity index (χ0) is 25.8. The van der Waals surface area contributed by atoms with Gasteiger partial charge in [0.1, 0.15) is 23.1 Å². The monoisotopic (exact) mass is 509 g/mol. The molecule has 0 spiro atoms. The van der Waals surface area contributed by atoms with E-state index in [0.29, 0.717) is 39.1 Å². The van der Waals surface area contributed by atoms with Gasteiger partial charge in [0.15, 0.2) is 6.10 Å². The van der Waals surface area contributed by atoms with Crippen LogP contribution in [-0.4, -0.2) is 49.3 Å². The van der Waals surface area contributed by atoms with Crippen molar-refractivity contribution in [3.63, 3.8) is 0 Å². The van der Waals surface area contributed by atoms with Gasteiger partial charge in [-0.15, -0.1) is 0 Å². The SMILES string of the molecule is COc1ccc(-c2nc3ccc(C(=O)OC(C)C(=O)Nc4cc(Cl)c(OC)cc4OC)cc3[nH]2)cc1. The standard InChI is InChI=1S/C26H24ClN3O6/c1-14(25(31)30-21-12-18(27)22(34-3)13-23(21)35-4)36-26(32)16-7-10-19-20(11-16)29-24(28-19)15-5-8-17(33-2)9-6-15/h5-14H,1-4H3,(H,28,29)(H,30,31). The minimum atomic E-state index is -1.09. The minimum absolute atomic E-state index is 0.275. The smallest absolute Gasteiger partial charge is 0.338 e. The first-order valence-corrected chi connectivity index (χ1v) is 11.3. The summed E-state index contributed by atoms with van der Waals surface area (Å²) in [4.78, 5) is 33.2. The highest BCUT2D eigenvalue weighted by atomic mass is 35.5. The lowest BCUT2D eigenvalue weighted by Crippen LogP contribution is -2.30. The molecule has 10 heteroatoms. The number of nitrogens with zero attached hydrogens (tertiary/aromatic N) is 1. The molecule has 0 aliphatic heterocycles. The zero-order valence-electron chi connectivity index (χ0n) is 20.0. The molecule has 0 fully saturated rings. The molecule has 3 aromatic carbocycles. The van der Waals surface area contributed by atoms with Crippen LogP contribution in [0.25, 0.3) is 22.4 Å². The van der Waals surface area contributed by atoms with E-state index in [9.17, 15) is 9.59 Å². The predicted octanol–water partition coefficient (Wildman–Crippen LogP) is 5.09. The van der Waals surface area contributed by atoms with Crippen LogP contribution < -0.4 is 19.5 Å². The second-order valence-corrected chi connectivity index (χ2v) is 8.18. The second-order valence-electron chi connectivity index (χ2n) is 7.77. The van der Waals surface area contributed by atoms with Crippen LogP contribution in [0.15, 0.2) is 54.6 Å². The molecule has 36 heavy (non-hydrogen) atoms. The number of carbonyl (C=O) groups is 2. The number of carbonyl (C=O) groups excluding carboxylic acids is 2. The fraction of sp³-hybridized carbons (Fsp3) is 0.192. The van der Waals surface area contributed by atoms with E-state index in [1.54, 1.807) is 31.4 Å². The van der Waals surface area contributed by atoms with Crippen LogP contribution in [-0.2, 0) is 9.53 Å². The Morgan fingerprint density at radius 1 is 0.944 bits per heavy atom. The maximum Gasteiger partial charge on any atom is 0.338 e. The number of methoxy groups -OCH3 is 3. The molecule has 4 aromatic rings. The number of H-pyrrole nitrogens is 1. The Balaban J connectivity index is 1.46. The largest absolute Gasteiger partial charge is 0.497 e. The molecule has 0 radical (unpaired) electrons. The number of imidazole rings is 1. The van der Waals surface area contributed by atoms with Crippen LogP contribution >= 0.6 is 11.6 Å². The summed E-state index contributed by atoms with van der Waals surface area (Å²) >= 11 is 6.16. The number of amides is 1. The maximum atomic E-state index is 12.8. The quantitative estimate of drug-likeness (QED) is 0.318. The first kappa shape index (κ1) is 24.9. The van der Waals surface area contributed by atoms with Crippen molar-refractivity contribution in [1.82, 2.24) is 9.97 Å². The van der Waals surface area contributed by atoms with E-state index in [1.165, 1.54) is 27.2 Å². The molecule has 0 saturated heterocycles. The maximum absolute atomic E-state index is 12.8. The van der Waals surface area contributed by atoms with Gasteiger partial charge >= 0.3 is 5.97 Å². The third kappa shape index (κ3) is 5.21. The molecular formula is C26H24ClN3O6. The number of esters is 1. The fourth-order valence-corrected chi connectivity index (χ4v) is 3.74. The van der Waals surface area contributed by atoms with Gasteiger partial charge in [0.25, 0.3) is 5.91 Å². The fourth-order valence-electron chi connectivity index (χ4n) is 3.50. The molecule has 1 atom stereocenters. The van der Waals surface area contributed by atoms with Gasteiger partial charge in [0, 0.05) is 11.6 Å². The van der Waals surface area contributed by atoms with Gasteiger partial charge in [0.2, 0.25) is 0 Å². The van der Waals surface area contributed by atoms with E-state index in [-0.39, 0.29) is 5.56 Å². The average molecular weight is 510 g/mol. The summed E-state index contributed by atoms with van der Waals surface area (Å²) in [6, 6.07) is 15.4. The van der Waals surface area contributed by atoms with Gasteiger partial charge in [-0.3, -0.25) is 4.79 Å². The van der Waals surface area contributed by atoms with Crippen LogP contribution in [0.2, 0.25) is 5.02 Å². The molecule has 0 aliphatic rings. The molecule has 9 nitrogen and oxygen atoms in total. The average Bonchev–Trinajstić information content (AvgIpc) is 3.32. The van der Waals surface area contributed by atoms with Crippen molar-refractivity contribution in [3.05, 3.63) is 65.2 Å². The predicted molar refractivity (Wildman–Crippen MR) is 136 cm³/mol. The Kier molecular flexibility index (Phi) is 7.30. The van der Waals surface area contributed by atoms with Gasteiger partial charge < -0.3 is 29.2 Å². The van der Waals surface area contributed by atoms with Crippen LogP contribution in [0.3, 0.4) is 0 Å². The van der Waals surface area contributed by atoms with E-state index in [0.717, 1.165) is 11.3 Å². The molecule has 0 aliphatic carbocycles. The summed E-state index contributed by atoms with van der Waals surface area (Å²) in [5.74, 6) is 0.938. The van der Waals surface area contributed by atoms with Crippen molar-refractivity contribution in [2.45, 2.75) is 13.0 Å². The van der Waals surface area contributed by atoms with Gasteiger partial charge in [-0.05, 0) is 55.5 Å². The minimum Gasteiger partial charge on any atom is -0.497 e. The Bertz CT molecular complexity index is 1420. The number of nitrogens with one attached hydrogen (secondary N) is 2. The number of aromatic amines is 1. The molecule has 0 saturated carbocycles. The van der Waals surface area contributed by atoms with Crippen LogP contribution in [0.5, 0.6) is 17.2 Å². The second kappa shape index (κ2) is 10.6. The number of ether oxygens (including phenoxy) is 4. The van der Waals surface area contributed by atoms with E-state index < -0.39 is 18.0 Å². The number of hydrogen-bond donors (Lipinski definition) is 2. The summed E-state index contributed by atoms with van der Waals surface area (Å²) in [7, 11) is 4.53. The Morgan fingerprint density at radius 2 is 1.67 bits per heavy atom. The molecule has 0 bridgehead atoms. The zero-order valence-corrected chi connectivity index (χ0v) is 20.8. The van der Waals surface area contributed by atoms with E-state index in [4.69, 9.17) is 30.5 Å². The van der Waals surface area contributed by atoms with Crippen LogP contribution in [0.1, 0.15) is 17.3 Å². The van der Waals surface area contributed by atoms with Gasteiger partial charge in [-0.2, -0.15) is 0 Å². The van der Waals surface area contributed by atoms with Crippen LogP contribution in [0.4, 0.5) is 5.69 Å². The molecule has 4 rings (SSSR count). The van der Waals surface area contributed by atoms with E-state index >= 15 is 0 Å². The van der Waals surface area contributed by atoms with Gasteiger partial charge in [-0.25, -0.2) is 9.78 Å². The third-order valence-corrected chi connectivity index (χ3v) is 5.76. The molecule has 1 unspecified atom stereocenters. The number of halogens is 1. The Hall–Kier alpha value is -4.24. The highest BCUT2D eigenvalue weighted by molar-refractivity contribution is 6.32. The Morgan fingerprint density at radius 3 is 2.33 bits per heavy atom. The topological polar surface area (TPSA) is 112 Å². The number of rotatable bonds is 8. The Labute approximate surface area is 212 Å². The normalized spacial score (nSPS) is 11.6. The van der Waals surface area contributed by atoms with Gasteiger partial charge in [-0.1, -0.05) is 11.6 Å². The first-order chi connectivity index (χ1) is 17.3. The molecule has 1 aromatic heterocycles. The summed E-state index contributed by atoms with van der Waals surface area (Å²) in [6.07, 6.45) is -1.09. The lowest BCUT2D eigenvalue weighted by molar-refractivity contribution is -0.123. The molecular weight excluding hydrogens is 486 g/mol. The van der Waals surface area contributed by atoms with Gasteiger partial charge in [0.05, 0.1) is 48.6 Å². The summed E-state index contributed by atoms with van der Waals surface area (Å²) in [6.45, 7) is 1.47. The number of aromatic nitrogens is 2. The van der Waals surface area contributed by atoms with Crippen molar-refractivity contribution in [2.75, 3.05) is 26.6 Å². The highest BCUT2D eigenvalue weighted by Gasteiger charge is 2.22. The summed E-state index contributed by atoms with van der Waals surface area (Å²) < 4.78 is 21.0. The first-order valence-electron chi connectivity index (χ1n) is 10.9. The van der Waals surface area contributed by atoms with Crippen molar-refractivity contribution in [3.8, 4) is 28.6 Å². The van der Waals surface area contributed by atoms with Crippen molar-refractivity contribution in [2.24, 2.45) is 0 Å². The van der Waals surface area contributed by atoms with Crippen molar-refractivity contribution < 1.29 is 28.5 Å². The molecule has 2 N–H and O–H groups in total. The number of benzene rings is 3. The highest BCUT2D eigenvalue weighted by Crippen LogP contribution is 2.36. The van der Waals surface area contributed by atoms with Crippen molar-refractivity contribution >= 4 is 40.2 Å².